The SMILES string of the molecule is C=CCCCP(=O)(CC)CCC. The number of allylic oxidation sites excluding steroid dienone is 1. The topological polar surface area (TPSA) is 17.1 Å². The van der Waals surface area contributed by atoms with E-state index in [2.05, 4.69) is 13.5 Å². The van der Waals surface area contributed by atoms with E-state index < -0.39 is 7.14 Å². The largest absolute Gasteiger partial charge is 0.324 e. The highest BCUT2D eigenvalue weighted by molar-refractivity contribution is 7.63. The summed E-state index contributed by atoms with van der Waals surface area (Å²) < 4.78 is 12.0. The molecule has 0 aromatic carbocycles. The van der Waals surface area contributed by atoms with Crippen LogP contribution in [-0.4, -0.2) is 18.5 Å². The van der Waals surface area contributed by atoms with Crippen molar-refractivity contribution < 1.29 is 4.57 Å². The molecular formula is C10H21OP. The molecule has 0 saturated carbocycles. The molecule has 0 heterocycles. The molecule has 0 aromatic heterocycles. The Morgan fingerprint density at radius 1 is 1.33 bits per heavy atom. The van der Waals surface area contributed by atoms with Crippen LogP contribution in [0.15, 0.2) is 12.7 Å². The molecule has 0 saturated heterocycles. The Morgan fingerprint density at radius 3 is 2.42 bits per heavy atom. The summed E-state index contributed by atoms with van der Waals surface area (Å²) in [7, 11) is -1.78. The van der Waals surface area contributed by atoms with Crippen molar-refractivity contribution in [1.29, 1.82) is 0 Å². The highest BCUT2D eigenvalue weighted by Gasteiger charge is 2.16. The average molecular weight is 188 g/mol. The zero-order valence-electron chi connectivity index (χ0n) is 8.38. The molecule has 0 spiro atoms. The van der Waals surface area contributed by atoms with Crippen molar-refractivity contribution in [3.8, 4) is 0 Å². The van der Waals surface area contributed by atoms with E-state index >= 15 is 0 Å². The Bertz CT molecular complexity index is 163. The molecule has 72 valence electrons. The lowest BCUT2D eigenvalue weighted by Crippen LogP contribution is -1.97. The smallest absolute Gasteiger partial charge is 0.0875 e. The summed E-state index contributed by atoms with van der Waals surface area (Å²) in [4.78, 5) is 0. The second-order valence-electron chi connectivity index (χ2n) is 3.25. The van der Waals surface area contributed by atoms with E-state index in [9.17, 15) is 4.57 Å². The van der Waals surface area contributed by atoms with Gasteiger partial charge < -0.3 is 4.57 Å². The van der Waals surface area contributed by atoms with Crippen LogP contribution in [0.25, 0.3) is 0 Å². The molecule has 2 heteroatoms. The average Bonchev–Trinajstić information content (AvgIpc) is 2.06. The molecule has 0 radical (unpaired) electrons. The van der Waals surface area contributed by atoms with Crippen molar-refractivity contribution in [3.63, 3.8) is 0 Å². The van der Waals surface area contributed by atoms with Crippen LogP contribution in [0.1, 0.15) is 33.1 Å². The zero-order valence-corrected chi connectivity index (χ0v) is 9.28. The van der Waals surface area contributed by atoms with Gasteiger partial charge in [-0.1, -0.05) is 19.9 Å². The lowest BCUT2D eigenvalue weighted by Gasteiger charge is -2.14. The molecule has 0 aliphatic heterocycles. The van der Waals surface area contributed by atoms with Gasteiger partial charge in [-0.25, -0.2) is 0 Å². The van der Waals surface area contributed by atoms with Crippen LogP contribution in [-0.2, 0) is 4.57 Å². The summed E-state index contributed by atoms with van der Waals surface area (Å²) in [6, 6.07) is 0. The van der Waals surface area contributed by atoms with Crippen molar-refractivity contribution in [1.82, 2.24) is 0 Å². The van der Waals surface area contributed by atoms with Crippen molar-refractivity contribution in [2.75, 3.05) is 18.5 Å². The third kappa shape index (κ3) is 4.77. The highest BCUT2D eigenvalue weighted by Crippen LogP contribution is 2.46. The maximum atomic E-state index is 12.0. The quantitative estimate of drug-likeness (QED) is 0.338. The Kier molecular flexibility index (Phi) is 6.47. The molecule has 0 amide bonds. The first-order valence-electron chi connectivity index (χ1n) is 4.86. The zero-order chi connectivity index (χ0) is 9.45. The van der Waals surface area contributed by atoms with Gasteiger partial charge >= 0.3 is 0 Å². The van der Waals surface area contributed by atoms with Gasteiger partial charge in [0.15, 0.2) is 0 Å². The van der Waals surface area contributed by atoms with E-state index in [1.165, 1.54) is 0 Å². The molecule has 0 aliphatic rings. The third-order valence-corrected chi connectivity index (χ3v) is 5.73. The summed E-state index contributed by atoms with van der Waals surface area (Å²) >= 11 is 0. The van der Waals surface area contributed by atoms with Crippen LogP contribution in [0.4, 0.5) is 0 Å². The van der Waals surface area contributed by atoms with Crippen molar-refractivity contribution in [3.05, 3.63) is 12.7 Å². The van der Waals surface area contributed by atoms with Crippen molar-refractivity contribution in [2.45, 2.75) is 33.1 Å². The van der Waals surface area contributed by atoms with Crippen molar-refractivity contribution >= 4 is 7.14 Å². The second kappa shape index (κ2) is 6.48. The summed E-state index contributed by atoms with van der Waals surface area (Å²) in [6.07, 6.45) is 7.75. The van der Waals surface area contributed by atoms with E-state index in [1.54, 1.807) is 0 Å². The van der Waals surface area contributed by atoms with Gasteiger partial charge in [-0.2, -0.15) is 0 Å². The Hall–Kier alpha value is -0.0300. The van der Waals surface area contributed by atoms with Gasteiger partial charge in [-0.15, -0.1) is 6.58 Å². The Labute approximate surface area is 76.6 Å². The van der Waals surface area contributed by atoms with E-state index in [0.717, 1.165) is 37.7 Å². The number of rotatable bonds is 7. The Morgan fingerprint density at radius 2 is 2.00 bits per heavy atom. The number of unbranched alkanes of at least 4 members (excludes halogenated alkanes) is 1. The monoisotopic (exact) mass is 188 g/mol. The fourth-order valence-corrected chi connectivity index (χ4v) is 3.79. The van der Waals surface area contributed by atoms with Gasteiger partial charge in [0.05, 0.1) is 7.14 Å². The highest BCUT2D eigenvalue weighted by atomic mass is 31.2. The minimum Gasteiger partial charge on any atom is -0.324 e. The maximum absolute atomic E-state index is 12.0. The van der Waals surface area contributed by atoms with E-state index in [4.69, 9.17) is 0 Å². The minimum atomic E-state index is -1.78. The summed E-state index contributed by atoms with van der Waals surface area (Å²) in [6.45, 7) is 7.82. The molecule has 0 bridgehead atoms. The van der Waals surface area contributed by atoms with Gasteiger partial charge in [0.1, 0.15) is 0 Å². The third-order valence-electron chi connectivity index (χ3n) is 2.18. The molecule has 0 aliphatic carbocycles. The van der Waals surface area contributed by atoms with Crippen LogP contribution in [0, 0.1) is 0 Å². The second-order valence-corrected chi connectivity index (χ2v) is 6.90. The standard InChI is InChI=1S/C10H21OP/c1-4-7-8-10-12(11,6-3)9-5-2/h4H,1,5-10H2,2-3H3. The predicted molar refractivity (Wildman–Crippen MR) is 57.6 cm³/mol. The predicted octanol–water partition coefficient (Wildman–Crippen LogP) is 3.75. The fourth-order valence-electron chi connectivity index (χ4n) is 1.36. The molecule has 1 atom stereocenters. The summed E-state index contributed by atoms with van der Waals surface area (Å²) in [5, 5.41) is 0. The first-order valence-corrected chi connectivity index (χ1v) is 7.12. The van der Waals surface area contributed by atoms with E-state index in [1.807, 2.05) is 13.0 Å². The molecule has 12 heavy (non-hydrogen) atoms. The van der Waals surface area contributed by atoms with Gasteiger partial charge in [0.2, 0.25) is 0 Å². The van der Waals surface area contributed by atoms with Gasteiger partial charge in [0, 0.05) is 12.3 Å². The molecule has 0 rings (SSSR count). The van der Waals surface area contributed by atoms with Crippen molar-refractivity contribution in [2.24, 2.45) is 0 Å². The van der Waals surface area contributed by atoms with Crippen LogP contribution >= 0.6 is 7.14 Å². The molecule has 0 fully saturated rings. The first kappa shape index (κ1) is 12.0. The van der Waals surface area contributed by atoms with Crippen LogP contribution in [0.2, 0.25) is 0 Å². The molecular weight excluding hydrogens is 167 g/mol. The molecule has 0 N–H and O–H groups in total. The molecule has 0 aromatic rings. The number of hydrogen-bond acceptors (Lipinski definition) is 1. The Balaban J connectivity index is 3.79. The van der Waals surface area contributed by atoms with Gasteiger partial charge in [0.25, 0.3) is 0 Å². The molecule has 1 unspecified atom stereocenters. The lowest BCUT2D eigenvalue weighted by molar-refractivity contribution is 0.572. The van der Waals surface area contributed by atoms with Gasteiger partial charge in [-0.05, 0) is 25.4 Å². The minimum absolute atomic E-state index is 0.873. The van der Waals surface area contributed by atoms with E-state index in [-0.39, 0.29) is 0 Å². The summed E-state index contributed by atoms with van der Waals surface area (Å²) in [5.74, 6) is 0. The van der Waals surface area contributed by atoms with Crippen LogP contribution in [0.5, 0.6) is 0 Å². The first-order chi connectivity index (χ1) is 5.68. The van der Waals surface area contributed by atoms with Gasteiger partial charge in [-0.3, -0.25) is 0 Å². The summed E-state index contributed by atoms with van der Waals surface area (Å²) in [5.41, 5.74) is 0. The lowest BCUT2D eigenvalue weighted by atomic mass is 10.3. The fraction of sp³-hybridized carbons (Fsp3) is 0.800. The maximum Gasteiger partial charge on any atom is 0.0875 e. The molecule has 1 nitrogen and oxygen atoms in total. The van der Waals surface area contributed by atoms with E-state index in [0.29, 0.717) is 0 Å². The normalized spacial score (nSPS) is 15.5. The van der Waals surface area contributed by atoms with Crippen LogP contribution < -0.4 is 0 Å². The number of hydrogen-bond donors (Lipinski definition) is 0. The van der Waals surface area contributed by atoms with Crippen LogP contribution in [0.3, 0.4) is 0 Å².